The second kappa shape index (κ2) is 14.4. The molecule has 0 spiro atoms. The van der Waals surface area contributed by atoms with Crippen LogP contribution in [0.4, 0.5) is 0 Å². The average molecular weight is 521 g/mol. The normalized spacial score (nSPS) is 11.8. The minimum Gasteiger partial charge on any atom is -0.493 e. The third kappa shape index (κ3) is 9.78. The zero-order valence-electron chi connectivity index (χ0n) is 17.8. The molecule has 0 bridgehead atoms. The van der Waals surface area contributed by atoms with Gasteiger partial charge in [0, 0.05) is 18.6 Å². The lowest BCUT2D eigenvalue weighted by atomic mass is 10.2. The van der Waals surface area contributed by atoms with Crippen LogP contribution in [0.1, 0.15) is 32.3 Å². The van der Waals surface area contributed by atoms with Crippen molar-refractivity contribution in [3.05, 3.63) is 62.6 Å². The lowest BCUT2D eigenvalue weighted by Crippen LogP contribution is -2.06. The van der Waals surface area contributed by atoms with Crippen molar-refractivity contribution in [3.63, 3.8) is 0 Å². The van der Waals surface area contributed by atoms with E-state index in [1.165, 1.54) is 6.08 Å². The Morgan fingerprint density at radius 1 is 0.969 bits per heavy atom. The van der Waals surface area contributed by atoms with Crippen LogP contribution in [0.25, 0.3) is 0 Å². The average Bonchev–Trinajstić information content (AvgIpc) is 2.75. The molecular formula is C23H25Cl4NO4. The predicted molar refractivity (Wildman–Crippen MR) is 132 cm³/mol. The summed E-state index contributed by atoms with van der Waals surface area (Å²) < 4.78 is 17.0. The number of ether oxygens (including phenoxy) is 3. The maximum absolute atomic E-state index is 6.25. The molecule has 2 aromatic carbocycles. The highest BCUT2D eigenvalue weighted by Gasteiger charge is 2.10. The second-order valence-electron chi connectivity index (χ2n) is 6.70. The summed E-state index contributed by atoms with van der Waals surface area (Å²) in [5, 5.41) is 4.68. The van der Waals surface area contributed by atoms with E-state index in [4.69, 9.17) is 65.5 Å². The Balaban J connectivity index is 1.74. The molecular weight excluding hydrogens is 496 g/mol. The maximum Gasteiger partial charge on any atom is 0.156 e. The molecule has 0 amide bonds. The van der Waals surface area contributed by atoms with E-state index in [1.54, 1.807) is 18.3 Å². The van der Waals surface area contributed by atoms with E-state index >= 15 is 0 Å². The van der Waals surface area contributed by atoms with Gasteiger partial charge < -0.3 is 19.0 Å². The molecule has 2 aromatic rings. The molecule has 174 valence electrons. The summed E-state index contributed by atoms with van der Waals surface area (Å²) in [5.41, 5.74) is 0.933. The third-order valence-electron chi connectivity index (χ3n) is 4.16. The minimum atomic E-state index is 0.102. The largest absolute Gasteiger partial charge is 0.493 e. The first kappa shape index (κ1) is 26.5. The Morgan fingerprint density at radius 2 is 1.62 bits per heavy atom. The summed E-state index contributed by atoms with van der Waals surface area (Å²) in [4.78, 5) is 5.29. The molecule has 32 heavy (non-hydrogen) atoms. The van der Waals surface area contributed by atoms with Gasteiger partial charge >= 0.3 is 0 Å². The van der Waals surface area contributed by atoms with Crippen molar-refractivity contribution < 1.29 is 19.0 Å². The summed E-state index contributed by atoms with van der Waals surface area (Å²) in [6.45, 7) is 5.09. The molecule has 0 saturated carbocycles. The maximum atomic E-state index is 6.25. The first-order valence-electron chi connectivity index (χ1n) is 10.1. The molecule has 0 aliphatic rings. The first-order valence-corrected chi connectivity index (χ1v) is 11.6. The van der Waals surface area contributed by atoms with Gasteiger partial charge in [0.1, 0.15) is 28.7 Å². The molecule has 0 radical (unpaired) electrons. The highest BCUT2D eigenvalue weighted by Crippen LogP contribution is 2.37. The zero-order chi connectivity index (χ0) is 23.3. The van der Waals surface area contributed by atoms with Crippen molar-refractivity contribution >= 4 is 52.6 Å². The van der Waals surface area contributed by atoms with E-state index in [9.17, 15) is 0 Å². The van der Waals surface area contributed by atoms with Crippen molar-refractivity contribution in [2.45, 2.75) is 32.8 Å². The topological polar surface area (TPSA) is 49.3 Å². The van der Waals surface area contributed by atoms with Crippen LogP contribution in [0.2, 0.25) is 10.0 Å². The number of hydrogen-bond acceptors (Lipinski definition) is 5. The van der Waals surface area contributed by atoms with E-state index in [0.29, 0.717) is 41.2 Å². The Kier molecular flexibility index (Phi) is 11.9. The van der Waals surface area contributed by atoms with Crippen molar-refractivity contribution in [1.82, 2.24) is 0 Å². The van der Waals surface area contributed by atoms with E-state index in [-0.39, 0.29) is 17.2 Å². The molecule has 1 atom stereocenters. The van der Waals surface area contributed by atoms with Crippen LogP contribution in [0, 0.1) is 0 Å². The van der Waals surface area contributed by atoms with Crippen molar-refractivity contribution in [2.75, 3.05) is 19.8 Å². The van der Waals surface area contributed by atoms with Crippen LogP contribution >= 0.6 is 46.4 Å². The SMILES string of the molecule is CCC(C)ON=Cc1ccc(OCCCOc2c(Cl)cc(OCC=C(Cl)Cl)cc2Cl)cc1. The van der Waals surface area contributed by atoms with Crippen LogP contribution in [0.5, 0.6) is 17.2 Å². The number of oxime groups is 1. The van der Waals surface area contributed by atoms with Gasteiger partial charge in [-0.2, -0.15) is 0 Å². The van der Waals surface area contributed by atoms with Gasteiger partial charge in [-0.15, -0.1) is 0 Å². The van der Waals surface area contributed by atoms with Crippen LogP contribution in [-0.2, 0) is 4.84 Å². The fourth-order valence-electron chi connectivity index (χ4n) is 2.30. The fraction of sp³-hybridized carbons (Fsp3) is 0.348. The monoisotopic (exact) mass is 519 g/mol. The van der Waals surface area contributed by atoms with E-state index in [0.717, 1.165) is 17.7 Å². The number of rotatable bonds is 13. The quantitative estimate of drug-likeness (QED) is 0.154. The summed E-state index contributed by atoms with van der Waals surface area (Å²) in [5.74, 6) is 1.64. The van der Waals surface area contributed by atoms with Gasteiger partial charge in [-0.3, -0.25) is 0 Å². The molecule has 0 N–H and O–H groups in total. The first-order chi connectivity index (χ1) is 15.4. The van der Waals surface area contributed by atoms with Gasteiger partial charge in [-0.05, 0) is 49.2 Å². The van der Waals surface area contributed by atoms with Crippen LogP contribution in [0.15, 0.2) is 52.1 Å². The lowest BCUT2D eigenvalue weighted by molar-refractivity contribution is 0.0712. The van der Waals surface area contributed by atoms with E-state index in [2.05, 4.69) is 5.16 Å². The van der Waals surface area contributed by atoms with Crippen LogP contribution < -0.4 is 14.2 Å². The molecule has 0 saturated heterocycles. The molecule has 0 aromatic heterocycles. The summed E-state index contributed by atoms with van der Waals surface area (Å²) in [6, 6.07) is 10.8. The highest BCUT2D eigenvalue weighted by atomic mass is 35.5. The Morgan fingerprint density at radius 3 is 2.25 bits per heavy atom. The number of nitrogens with zero attached hydrogens (tertiary/aromatic N) is 1. The van der Waals surface area contributed by atoms with Crippen LogP contribution in [-0.4, -0.2) is 32.1 Å². The molecule has 9 heteroatoms. The smallest absolute Gasteiger partial charge is 0.156 e. The Bertz CT molecular complexity index is 876. The van der Waals surface area contributed by atoms with E-state index in [1.807, 2.05) is 38.1 Å². The number of hydrogen-bond donors (Lipinski definition) is 0. The van der Waals surface area contributed by atoms with Gasteiger partial charge in [0.15, 0.2) is 5.75 Å². The molecule has 2 rings (SSSR count). The Labute approximate surface area is 208 Å². The van der Waals surface area contributed by atoms with Gasteiger partial charge in [0.05, 0.1) is 29.5 Å². The minimum absolute atomic E-state index is 0.102. The van der Waals surface area contributed by atoms with Crippen molar-refractivity contribution in [3.8, 4) is 17.2 Å². The molecule has 0 aliphatic heterocycles. The van der Waals surface area contributed by atoms with Crippen molar-refractivity contribution in [2.24, 2.45) is 5.16 Å². The second-order valence-corrected chi connectivity index (χ2v) is 8.52. The summed E-state index contributed by atoms with van der Waals surface area (Å²) in [7, 11) is 0. The van der Waals surface area contributed by atoms with Gasteiger partial charge in [-0.1, -0.05) is 58.5 Å². The van der Waals surface area contributed by atoms with Gasteiger partial charge in [-0.25, -0.2) is 0 Å². The van der Waals surface area contributed by atoms with E-state index < -0.39 is 0 Å². The van der Waals surface area contributed by atoms with Gasteiger partial charge in [0.2, 0.25) is 0 Å². The summed E-state index contributed by atoms with van der Waals surface area (Å²) in [6.07, 6.45) is 4.85. The van der Waals surface area contributed by atoms with Crippen molar-refractivity contribution in [1.29, 1.82) is 0 Å². The molecule has 1 unspecified atom stereocenters. The third-order valence-corrected chi connectivity index (χ3v) is 5.03. The number of benzene rings is 2. The molecule has 5 nitrogen and oxygen atoms in total. The highest BCUT2D eigenvalue weighted by molar-refractivity contribution is 6.55. The summed E-state index contributed by atoms with van der Waals surface area (Å²) >= 11 is 23.6. The predicted octanol–water partition coefficient (Wildman–Crippen LogP) is 7.69. The molecule has 0 fully saturated rings. The zero-order valence-corrected chi connectivity index (χ0v) is 20.8. The molecule has 0 heterocycles. The molecule has 0 aliphatic carbocycles. The fourth-order valence-corrected chi connectivity index (χ4v) is 3.00. The van der Waals surface area contributed by atoms with Gasteiger partial charge in [0.25, 0.3) is 0 Å². The Hall–Kier alpha value is -1.79. The lowest BCUT2D eigenvalue weighted by Gasteiger charge is -2.12. The van der Waals surface area contributed by atoms with Crippen LogP contribution in [0.3, 0.4) is 0 Å². The number of halogens is 4. The standard InChI is InChI=1S/C23H25Cl4NO4/c1-3-16(2)32-28-15-17-5-7-18(8-6-17)29-10-4-11-31-23-20(24)13-19(14-21(23)25)30-12-9-22(26)27/h5-9,13-16H,3-4,10-12H2,1-2H3.